The fourth-order valence-corrected chi connectivity index (χ4v) is 2.13. The molecule has 2 atom stereocenters. The van der Waals surface area contributed by atoms with Gasteiger partial charge < -0.3 is 9.47 Å². The van der Waals surface area contributed by atoms with E-state index in [9.17, 15) is 9.59 Å². The van der Waals surface area contributed by atoms with E-state index in [1.165, 1.54) is 0 Å². The van der Waals surface area contributed by atoms with Gasteiger partial charge in [0.1, 0.15) is 0 Å². The molecule has 0 unspecified atom stereocenters. The molecule has 0 N–H and O–H groups in total. The fraction of sp³-hybridized carbons (Fsp3) is 0.778. The van der Waals surface area contributed by atoms with Crippen molar-refractivity contribution < 1.29 is 19.1 Å². The lowest BCUT2D eigenvalue weighted by molar-refractivity contribution is -0.159. The summed E-state index contributed by atoms with van der Waals surface area (Å²) < 4.78 is 10.9. The van der Waals surface area contributed by atoms with Crippen molar-refractivity contribution in [2.24, 2.45) is 22.7 Å². The summed E-state index contributed by atoms with van der Waals surface area (Å²) in [4.78, 5) is 23.8. The third-order valence-corrected chi connectivity index (χ3v) is 3.79. The number of rotatable bonds is 4. The molecular weight excluding hydrogens is 280 g/mol. The Hall–Kier alpha value is -1.32. The van der Waals surface area contributed by atoms with Gasteiger partial charge in [0.15, 0.2) is 0 Å². The molecule has 1 aliphatic rings. The highest BCUT2D eigenvalue weighted by Crippen LogP contribution is 2.28. The largest absolute Gasteiger partial charge is 0.465 e. The van der Waals surface area contributed by atoms with Gasteiger partial charge in [-0.3, -0.25) is 9.59 Å². The topological polar surface area (TPSA) is 52.6 Å². The average molecular weight is 310 g/mol. The molecule has 1 aliphatic carbocycles. The molecule has 4 nitrogen and oxygen atoms in total. The van der Waals surface area contributed by atoms with Crippen LogP contribution in [-0.4, -0.2) is 25.2 Å². The molecule has 0 saturated heterocycles. The van der Waals surface area contributed by atoms with Crippen molar-refractivity contribution in [1.82, 2.24) is 0 Å². The maximum atomic E-state index is 11.9. The second-order valence-electron chi connectivity index (χ2n) is 8.16. The monoisotopic (exact) mass is 310 g/mol. The van der Waals surface area contributed by atoms with Gasteiger partial charge in [0.25, 0.3) is 0 Å². The summed E-state index contributed by atoms with van der Waals surface area (Å²) in [5.41, 5.74) is -0.975. The van der Waals surface area contributed by atoms with Gasteiger partial charge in [-0.1, -0.05) is 12.2 Å². The Balaban J connectivity index is 2.52. The lowest BCUT2D eigenvalue weighted by Gasteiger charge is -2.29. The molecule has 0 heterocycles. The molecule has 0 saturated carbocycles. The number of carbonyl (C=O) groups excluding carboxylic acids is 2. The van der Waals surface area contributed by atoms with E-state index in [1.807, 2.05) is 41.5 Å². The maximum Gasteiger partial charge on any atom is 0.311 e. The Bertz CT molecular complexity index is 383. The van der Waals surface area contributed by atoms with Crippen molar-refractivity contribution in [3.63, 3.8) is 0 Å². The first-order valence-electron chi connectivity index (χ1n) is 8.01. The predicted molar refractivity (Wildman–Crippen MR) is 86.2 cm³/mol. The minimum Gasteiger partial charge on any atom is -0.465 e. The highest BCUT2D eigenvalue weighted by atomic mass is 16.5. The van der Waals surface area contributed by atoms with Crippen LogP contribution in [0.5, 0.6) is 0 Å². The second-order valence-corrected chi connectivity index (χ2v) is 8.16. The van der Waals surface area contributed by atoms with Gasteiger partial charge in [0, 0.05) is 11.8 Å². The van der Waals surface area contributed by atoms with Crippen LogP contribution in [0.1, 0.15) is 54.4 Å². The van der Waals surface area contributed by atoms with Gasteiger partial charge in [-0.2, -0.15) is 0 Å². The van der Waals surface area contributed by atoms with Crippen molar-refractivity contribution in [3.8, 4) is 0 Å². The van der Waals surface area contributed by atoms with Gasteiger partial charge >= 0.3 is 11.9 Å². The molecule has 0 bridgehead atoms. The molecule has 1 rings (SSSR count). The Morgan fingerprint density at radius 2 is 1.14 bits per heavy atom. The van der Waals surface area contributed by atoms with Crippen LogP contribution in [-0.2, 0) is 19.1 Å². The van der Waals surface area contributed by atoms with Crippen LogP contribution >= 0.6 is 0 Å². The summed E-state index contributed by atoms with van der Waals surface area (Å²) in [6, 6.07) is 0. The van der Waals surface area contributed by atoms with Crippen LogP contribution in [0.25, 0.3) is 0 Å². The zero-order valence-electron chi connectivity index (χ0n) is 14.8. The number of ether oxygens (including phenoxy) is 2. The third kappa shape index (κ3) is 5.82. The second kappa shape index (κ2) is 7.30. The summed E-state index contributed by atoms with van der Waals surface area (Å²) in [5.74, 6) is 0.0492. The van der Waals surface area contributed by atoms with E-state index < -0.39 is 10.8 Å². The maximum absolute atomic E-state index is 11.9. The molecule has 4 heteroatoms. The van der Waals surface area contributed by atoms with E-state index in [0.717, 1.165) is 12.8 Å². The highest BCUT2D eigenvalue weighted by molar-refractivity contribution is 5.75. The Morgan fingerprint density at radius 3 is 1.41 bits per heavy atom. The molecule has 0 aromatic rings. The molecule has 0 fully saturated rings. The van der Waals surface area contributed by atoms with Crippen molar-refractivity contribution in [3.05, 3.63) is 12.2 Å². The summed E-state index contributed by atoms with van der Waals surface area (Å²) >= 11 is 0. The molecule has 0 radical (unpaired) electrons. The van der Waals surface area contributed by atoms with E-state index in [2.05, 4.69) is 12.2 Å². The van der Waals surface area contributed by atoms with E-state index in [0.29, 0.717) is 13.2 Å². The number of esters is 2. The van der Waals surface area contributed by atoms with Crippen LogP contribution in [0, 0.1) is 22.7 Å². The van der Waals surface area contributed by atoms with Crippen LogP contribution in [0.15, 0.2) is 12.2 Å². The molecule has 126 valence electrons. The summed E-state index contributed by atoms with van der Waals surface area (Å²) in [6.07, 6.45) is 5.93. The van der Waals surface area contributed by atoms with Crippen LogP contribution < -0.4 is 0 Å². The van der Waals surface area contributed by atoms with E-state index in [1.54, 1.807) is 0 Å². The van der Waals surface area contributed by atoms with Gasteiger partial charge in [-0.05, 0) is 54.4 Å². The van der Waals surface area contributed by atoms with Gasteiger partial charge in [-0.15, -0.1) is 0 Å². The normalized spacial score (nSPS) is 22.3. The van der Waals surface area contributed by atoms with Crippen molar-refractivity contribution in [2.45, 2.75) is 54.4 Å². The molecular formula is C18H30O4. The number of hydrogen-bond donors (Lipinski definition) is 0. The molecule has 22 heavy (non-hydrogen) atoms. The highest BCUT2D eigenvalue weighted by Gasteiger charge is 2.30. The Morgan fingerprint density at radius 1 is 0.818 bits per heavy atom. The van der Waals surface area contributed by atoms with Gasteiger partial charge in [0.2, 0.25) is 0 Å². The van der Waals surface area contributed by atoms with Crippen molar-refractivity contribution in [2.75, 3.05) is 13.2 Å². The molecule has 0 spiro atoms. The molecule has 0 amide bonds. The lowest BCUT2D eigenvalue weighted by atomic mass is 9.84. The molecule has 0 aromatic heterocycles. The standard InChI is InChI=1S/C18H30O4/c1-17(2,3)15(19)21-11-13-9-7-8-10-14(13)12-22-16(20)18(4,5)6/h7-8,13-14H,9-12H2,1-6H3/t13-,14+. The first kappa shape index (κ1) is 18.7. The lowest BCUT2D eigenvalue weighted by Crippen LogP contribution is -2.32. The zero-order valence-corrected chi connectivity index (χ0v) is 14.8. The first-order chi connectivity index (χ1) is 10.0. The van der Waals surface area contributed by atoms with E-state index in [-0.39, 0.29) is 23.8 Å². The summed E-state index contributed by atoms with van der Waals surface area (Å²) in [5, 5.41) is 0. The Kier molecular flexibility index (Phi) is 6.21. The minimum absolute atomic E-state index is 0.188. The summed E-state index contributed by atoms with van der Waals surface area (Å²) in [6.45, 7) is 11.8. The van der Waals surface area contributed by atoms with Crippen LogP contribution in [0.2, 0.25) is 0 Å². The smallest absolute Gasteiger partial charge is 0.311 e. The summed E-state index contributed by atoms with van der Waals surface area (Å²) in [7, 11) is 0. The predicted octanol–water partition coefficient (Wildman–Crippen LogP) is 3.75. The van der Waals surface area contributed by atoms with Crippen LogP contribution in [0.3, 0.4) is 0 Å². The average Bonchev–Trinajstić information content (AvgIpc) is 2.40. The van der Waals surface area contributed by atoms with Crippen molar-refractivity contribution >= 4 is 11.9 Å². The number of carbonyl (C=O) groups is 2. The first-order valence-corrected chi connectivity index (χ1v) is 8.01. The quantitative estimate of drug-likeness (QED) is 0.586. The van der Waals surface area contributed by atoms with Gasteiger partial charge in [-0.25, -0.2) is 0 Å². The molecule has 0 aliphatic heterocycles. The van der Waals surface area contributed by atoms with Crippen LogP contribution in [0.4, 0.5) is 0 Å². The SMILES string of the molecule is CC(C)(C)C(=O)OC[C@H]1CC=CC[C@H]1COC(=O)C(C)(C)C. The fourth-order valence-electron chi connectivity index (χ4n) is 2.13. The van der Waals surface area contributed by atoms with Crippen molar-refractivity contribution in [1.29, 1.82) is 0 Å². The zero-order chi connectivity index (χ0) is 17.0. The minimum atomic E-state index is -0.487. The number of hydrogen-bond acceptors (Lipinski definition) is 4. The third-order valence-electron chi connectivity index (χ3n) is 3.79. The number of allylic oxidation sites excluding steroid dienone is 2. The molecule has 0 aromatic carbocycles. The Labute approximate surface area is 134 Å². The van der Waals surface area contributed by atoms with E-state index in [4.69, 9.17) is 9.47 Å². The van der Waals surface area contributed by atoms with E-state index >= 15 is 0 Å². The van der Waals surface area contributed by atoms with Gasteiger partial charge in [0.05, 0.1) is 24.0 Å².